The van der Waals surface area contributed by atoms with Crippen molar-refractivity contribution in [2.75, 3.05) is 5.32 Å². The molecule has 0 spiro atoms. The lowest BCUT2D eigenvalue weighted by atomic mass is 10.2. The highest BCUT2D eigenvalue weighted by molar-refractivity contribution is 6.04. The van der Waals surface area contributed by atoms with Crippen molar-refractivity contribution in [1.29, 1.82) is 0 Å². The van der Waals surface area contributed by atoms with E-state index in [2.05, 4.69) is 15.6 Å². The summed E-state index contributed by atoms with van der Waals surface area (Å²) in [5.74, 6) is -0.552. The van der Waals surface area contributed by atoms with Gasteiger partial charge in [-0.05, 0) is 43.5 Å². The molecule has 0 unspecified atom stereocenters. The third-order valence-corrected chi connectivity index (χ3v) is 3.52. The van der Waals surface area contributed by atoms with Crippen molar-refractivity contribution in [1.82, 2.24) is 10.3 Å². The maximum Gasteiger partial charge on any atom is 0.274 e. The molecule has 1 aromatic carbocycles. The fourth-order valence-corrected chi connectivity index (χ4v) is 2.07. The van der Waals surface area contributed by atoms with Crippen LogP contribution in [-0.4, -0.2) is 22.8 Å². The van der Waals surface area contributed by atoms with E-state index in [4.69, 9.17) is 0 Å². The molecule has 0 bridgehead atoms. The molecule has 2 aromatic rings. The van der Waals surface area contributed by atoms with Crippen molar-refractivity contribution < 1.29 is 9.59 Å². The molecule has 1 aliphatic rings. The number of aryl methyl sites for hydroxylation is 1. The third-order valence-electron chi connectivity index (χ3n) is 3.52. The topological polar surface area (TPSA) is 71.1 Å². The minimum atomic E-state index is -0.324. The van der Waals surface area contributed by atoms with Gasteiger partial charge in [-0.25, -0.2) is 4.98 Å². The lowest BCUT2D eigenvalue weighted by Crippen LogP contribution is -2.27. The van der Waals surface area contributed by atoms with Crippen LogP contribution in [0.5, 0.6) is 0 Å². The number of hydrogen-bond acceptors (Lipinski definition) is 3. The standard InChI is InChI=1S/C17H17N3O2/c1-11-5-2-3-6-13(11)20-17(22)15-8-4-7-14(19-15)16(21)18-12-9-10-12/h2-8,12H,9-10H2,1H3,(H,18,21)(H,20,22). The number of nitrogens with one attached hydrogen (secondary N) is 2. The fraction of sp³-hybridized carbons (Fsp3) is 0.235. The number of aromatic nitrogens is 1. The number of rotatable bonds is 4. The minimum Gasteiger partial charge on any atom is -0.348 e. The largest absolute Gasteiger partial charge is 0.348 e. The van der Waals surface area contributed by atoms with E-state index in [1.807, 2.05) is 31.2 Å². The van der Waals surface area contributed by atoms with E-state index < -0.39 is 0 Å². The molecule has 3 rings (SSSR count). The second-order valence-corrected chi connectivity index (χ2v) is 5.42. The van der Waals surface area contributed by atoms with Crippen LogP contribution >= 0.6 is 0 Å². The summed E-state index contributed by atoms with van der Waals surface area (Å²) in [5.41, 5.74) is 2.21. The zero-order valence-electron chi connectivity index (χ0n) is 12.3. The molecule has 1 heterocycles. The molecular formula is C17H17N3O2. The van der Waals surface area contributed by atoms with Crippen molar-refractivity contribution in [3.8, 4) is 0 Å². The number of hydrogen-bond donors (Lipinski definition) is 2. The van der Waals surface area contributed by atoms with E-state index in [0.717, 1.165) is 24.1 Å². The first-order chi connectivity index (χ1) is 10.6. The average molecular weight is 295 g/mol. The van der Waals surface area contributed by atoms with Gasteiger partial charge in [-0.3, -0.25) is 9.59 Å². The monoisotopic (exact) mass is 295 g/mol. The van der Waals surface area contributed by atoms with Gasteiger partial charge in [0, 0.05) is 11.7 Å². The minimum absolute atomic E-state index is 0.228. The highest BCUT2D eigenvalue weighted by Gasteiger charge is 2.24. The van der Waals surface area contributed by atoms with Crippen LogP contribution in [0.25, 0.3) is 0 Å². The van der Waals surface area contributed by atoms with Crippen LogP contribution < -0.4 is 10.6 Å². The van der Waals surface area contributed by atoms with E-state index in [0.29, 0.717) is 0 Å². The molecule has 1 aromatic heterocycles. The maximum absolute atomic E-state index is 12.3. The van der Waals surface area contributed by atoms with Gasteiger partial charge in [0.2, 0.25) is 0 Å². The summed E-state index contributed by atoms with van der Waals surface area (Å²) in [6, 6.07) is 12.7. The van der Waals surface area contributed by atoms with Crippen LogP contribution in [0.1, 0.15) is 39.4 Å². The number of nitrogens with zero attached hydrogens (tertiary/aromatic N) is 1. The normalized spacial score (nSPS) is 13.5. The van der Waals surface area contributed by atoms with Crippen LogP contribution in [-0.2, 0) is 0 Å². The Balaban J connectivity index is 1.75. The van der Waals surface area contributed by atoms with Crippen molar-refractivity contribution in [2.45, 2.75) is 25.8 Å². The molecule has 1 saturated carbocycles. The Morgan fingerprint density at radius 2 is 1.68 bits per heavy atom. The van der Waals surface area contributed by atoms with Crippen LogP contribution in [0.3, 0.4) is 0 Å². The average Bonchev–Trinajstić information content (AvgIpc) is 3.33. The molecule has 0 saturated heterocycles. The predicted octanol–water partition coefficient (Wildman–Crippen LogP) is 2.53. The summed E-state index contributed by atoms with van der Waals surface area (Å²) in [7, 11) is 0. The van der Waals surface area contributed by atoms with E-state index in [-0.39, 0.29) is 29.2 Å². The Kier molecular flexibility index (Phi) is 3.87. The van der Waals surface area contributed by atoms with Crippen molar-refractivity contribution >= 4 is 17.5 Å². The summed E-state index contributed by atoms with van der Waals surface area (Å²) < 4.78 is 0. The third kappa shape index (κ3) is 3.31. The van der Waals surface area contributed by atoms with Gasteiger partial charge in [-0.15, -0.1) is 0 Å². The molecule has 1 aliphatic carbocycles. The Labute approximate surface area is 128 Å². The zero-order chi connectivity index (χ0) is 15.5. The molecule has 2 amide bonds. The Morgan fingerprint density at radius 3 is 2.36 bits per heavy atom. The Morgan fingerprint density at radius 1 is 1.00 bits per heavy atom. The van der Waals surface area contributed by atoms with Crippen LogP contribution in [0.15, 0.2) is 42.5 Å². The fourth-order valence-electron chi connectivity index (χ4n) is 2.07. The second kappa shape index (κ2) is 5.97. The summed E-state index contributed by atoms with van der Waals surface area (Å²) >= 11 is 0. The Bertz CT molecular complexity index is 723. The highest BCUT2D eigenvalue weighted by atomic mass is 16.2. The van der Waals surface area contributed by atoms with Gasteiger partial charge in [0.15, 0.2) is 0 Å². The second-order valence-electron chi connectivity index (χ2n) is 5.42. The van der Waals surface area contributed by atoms with Crippen molar-refractivity contribution in [3.05, 3.63) is 59.4 Å². The maximum atomic E-state index is 12.3. The molecule has 0 atom stereocenters. The zero-order valence-corrected chi connectivity index (χ0v) is 12.3. The van der Waals surface area contributed by atoms with Crippen molar-refractivity contribution in [2.24, 2.45) is 0 Å². The van der Waals surface area contributed by atoms with Gasteiger partial charge in [0.25, 0.3) is 11.8 Å². The van der Waals surface area contributed by atoms with E-state index in [1.54, 1.807) is 18.2 Å². The first-order valence-electron chi connectivity index (χ1n) is 7.28. The smallest absolute Gasteiger partial charge is 0.274 e. The molecule has 22 heavy (non-hydrogen) atoms. The van der Waals surface area contributed by atoms with E-state index >= 15 is 0 Å². The van der Waals surface area contributed by atoms with Gasteiger partial charge in [-0.2, -0.15) is 0 Å². The van der Waals surface area contributed by atoms with E-state index in [1.165, 1.54) is 0 Å². The molecule has 2 N–H and O–H groups in total. The number of anilines is 1. The summed E-state index contributed by atoms with van der Waals surface area (Å²) in [6.45, 7) is 1.92. The van der Waals surface area contributed by atoms with Crippen LogP contribution in [0, 0.1) is 6.92 Å². The number of benzene rings is 1. The van der Waals surface area contributed by atoms with Crippen LogP contribution in [0.2, 0.25) is 0 Å². The molecule has 5 nitrogen and oxygen atoms in total. The van der Waals surface area contributed by atoms with Crippen molar-refractivity contribution in [3.63, 3.8) is 0 Å². The van der Waals surface area contributed by atoms with Gasteiger partial charge in [0.05, 0.1) is 0 Å². The van der Waals surface area contributed by atoms with Crippen LogP contribution in [0.4, 0.5) is 5.69 Å². The first-order valence-corrected chi connectivity index (χ1v) is 7.28. The lowest BCUT2D eigenvalue weighted by Gasteiger charge is -2.08. The first kappa shape index (κ1) is 14.3. The number of pyridine rings is 1. The SMILES string of the molecule is Cc1ccccc1NC(=O)c1cccc(C(=O)NC2CC2)n1. The molecule has 5 heteroatoms. The van der Waals surface area contributed by atoms with Gasteiger partial charge < -0.3 is 10.6 Å². The Hall–Kier alpha value is -2.69. The number of para-hydroxylation sites is 1. The summed E-state index contributed by atoms with van der Waals surface area (Å²) in [4.78, 5) is 28.4. The molecular weight excluding hydrogens is 278 g/mol. The number of carbonyl (C=O) groups excluding carboxylic acids is 2. The van der Waals surface area contributed by atoms with Gasteiger partial charge in [-0.1, -0.05) is 24.3 Å². The highest BCUT2D eigenvalue weighted by Crippen LogP contribution is 2.19. The quantitative estimate of drug-likeness (QED) is 0.910. The summed E-state index contributed by atoms with van der Waals surface area (Å²) in [5, 5.41) is 5.67. The lowest BCUT2D eigenvalue weighted by molar-refractivity contribution is 0.0946. The van der Waals surface area contributed by atoms with E-state index in [9.17, 15) is 9.59 Å². The predicted molar refractivity (Wildman–Crippen MR) is 83.9 cm³/mol. The van der Waals surface area contributed by atoms with Gasteiger partial charge in [0.1, 0.15) is 11.4 Å². The molecule has 112 valence electrons. The molecule has 0 radical (unpaired) electrons. The van der Waals surface area contributed by atoms with Gasteiger partial charge >= 0.3 is 0 Å². The molecule has 1 fully saturated rings. The number of carbonyl (C=O) groups is 2. The summed E-state index contributed by atoms with van der Waals surface area (Å²) in [6.07, 6.45) is 2.03. The number of amides is 2. The molecule has 0 aliphatic heterocycles.